The van der Waals surface area contributed by atoms with Crippen LogP contribution in [0.2, 0.25) is 0 Å². The molecule has 0 amide bonds. The molecular weight excluding hydrogens is 262 g/mol. The monoisotopic (exact) mass is 291 g/mol. The van der Waals surface area contributed by atoms with Crippen LogP contribution in [-0.4, -0.2) is 45.7 Å². The number of sulfone groups is 1. The zero-order valence-electron chi connectivity index (χ0n) is 12.4. The predicted molar refractivity (Wildman–Crippen MR) is 79.2 cm³/mol. The summed E-state index contributed by atoms with van der Waals surface area (Å²) in [5.74, 6) is 1.24. The van der Waals surface area contributed by atoms with Crippen LogP contribution in [0.5, 0.6) is 0 Å². The fourth-order valence-corrected chi connectivity index (χ4v) is 3.41. The molecule has 0 aromatic rings. The van der Waals surface area contributed by atoms with E-state index in [9.17, 15) is 8.42 Å². The van der Waals surface area contributed by atoms with E-state index >= 15 is 0 Å². The highest BCUT2D eigenvalue weighted by Gasteiger charge is 2.20. The third-order valence-corrected chi connectivity index (χ3v) is 5.56. The highest BCUT2D eigenvalue weighted by atomic mass is 32.2. The van der Waals surface area contributed by atoms with E-state index in [1.807, 2.05) is 0 Å². The van der Waals surface area contributed by atoms with E-state index in [0.29, 0.717) is 17.7 Å². The molecule has 1 heterocycles. The van der Waals surface area contributed by atoms with Crippen molar-refractivity contribution in [2.24, 2.45) is 5.92 Å². The summed E-state index contributed by atoms with van der Waals surface area (Å²) in [5, 5.41) is 3.55. The molecule has 2 unspecified atom stereocenters. The molecule has 2 atom stereocenters. The molecule has 4 nitrogen and oxygen atoms in total. The summed E-state index contributed by atoms with van der Waals surface area (Å²) >= 11 is 0. The summed E-state index contributed by atoms with van der Waals surface area (Å²) < 4.78 is 28.4. The van der Waals surface area contributed by atoms with Gasteiger partial charge in [0.2, 0.25) is 0 Å². The van der Waals surface area contributed by atoms with E-state index in [1.165, 1.54) is 0 Å². The van der Waals surface area contributed by atoms with Crippen LogP contribution in [0.25, 0.3) is 0 Å². The van der Waals surface area contributed by atoms with Gasteiger partial charge in [-0.15, -0.1) is 0 Å². The summed E-state index contributed by atoms with van der Waals surface area (Å²) in [7, 11) is -2.82. The van der Waals surface area contributed by atoms with Crippen molar-refractivity contribution in [1.29, 1.82) is 0 Å². The highest BCUT2D eigenvalue weighted by Crippen LogP contribution is 2.20. The van der Waals surface area contributed by atoms with E-state index in [1.54, 1.807) is 6.92 Å². The Balaban J connectivity index is 2.31. The van der Waals surface area contributed by atoms with Crippen molar-refractivity contribution >= 4 is 9.84 Å². The minimum absolute atomic E-state index is 0.260. The molecule has 1 aliphatic rings. The number of hydrogen-bond acceptors (Lipinski definition) is 4. The molecule has 5 heteroatoms. The van der Waals surface area contributed by atoms with Crippen LogP contribution in [0.1, 0.15) is 46.0 Å². The third-order valence-electron chi connectivity index (χ3n) is 3.77. The number of ether oxygens (including phenoxy) is 1. The Hall–Kier alpha value is -0.130. The first-order chi connectivity index (χ1) is 9.07. The van der Waals surface area contributed by atoms with Crippen LogP contribution >= 0.6 is 0 Å². The largest absolute Gasteiger partial charge is 0.381 e. The first-order valence-corrected chi connectivity index (χ1v) is 9.41. The highest BCUT2D eigenvalue weighted by molar-refractivity contribution is 7.91. The lowest BCUT2D eigenvalue weighted by Crippen LogP contribution is -2.32. The second kappa shape index (κ2) is 8.93. The summed E-state index contributed by atoms with van der Waals surface area (Å²) in [6.07, 6.45) is 5.11. The van der Waals surface area contributed by atoms with Crippen LogP contribution in [0.3, 0.4) is 0 Å². The molecule has 0 spiro atoms. The number of nitrogens with one attached hydrogen (secondary N) is 1. The van der Waals surface area contributed by atoms with Crippen molar-refractivity contribution in [3.05, 3.63) is 0 Å². The molecular formula is C14H29NO3S. The minimum atomic E-state index is -2.82. The lowest BCUT2D eigenvalue weighted by molar-refractivity contribution is 0.181. The van der Waals surface area contributed by atoms with E-state index in [0.717, 1.165) is 51.9 Å². The van der Waals surface area contributed by atoms with E-state index in [2.05, 4.69) is 12.2 Å². The van der Waals surface area contributed by atoms with Gasteiger partial charge in [0.1, 0.15) is 9.84 Å². The zero-order chi connectivity index (χ0) is 14.1. The Morgan fingerprint density at radius 3 is 2.74 bits per heavy atom. The second-order valence-corrected chi connectivity index (χ2v) is 7.97. The molecule has 0 bridgehead atoms. The number of hydrogen-bond donors (Lipinski definition) is 1. The average molecular weight is 291 g/mol. The van der Waals surface area contributed by atoms with Gasteiger partial charge in [-0.05, 0) is 44.6 Å². The summed E-state index contributed by atoms with van der Waals surface area (Å²) in [6.45, 7) is 6.65. The maximum absolute atomic E-state index is 11.5. The van der Waals surface area contributed by atoms with Gasteiger partial charge in [0.25, 0.3) is 0 Å². The normalized spacial score (nSPS) is 21.7. The van der Waals surface area contributed by atoms with Gasteiger partial charge >= 0.3 is 0 Å². The summed E-state index contributed by atoms with van der Waals surface area (Å²) in [5.41, 5.74) is 0. The number of rotatable bonds is 10. The Bertz CT molecular complexity index is 324. The zero-order valence-corrected chi connectivity index (χ0v) is 13.2. The maximum Gasteiger partial charge on any atom is 0.150 e. The van der Waals surface area contributed by atoms with Crippen molar-refractivity contribution in [1.82, 2.24) is 5.32 Å². The second-order valence-electron chi connectivity index (χ2n) is 5.49. The van der Waals surface area contributed by atoms with Crippen molar-refractivity contribution < 1.29 is 13.2 Å². The van der Waals surface area contributed by atoms with Crippen LogP contribution < -0.4 is 5.32 Å². The molecule has 1 aliphatic heterocycles. The van der Waals surface area contributed by atoms with Crippen LogP contribution in [0.15, 0.2) is 0 Å². The molecule has 1 rings (SSSR count). The van der Waals surface area contributed by atoms with E-state index < -0.39 is 9.84 Å². The average Bonchev–Trinajstić information content (AvgIpc) is 2.88. The molecule has 1 N–H and O–H groups in total. The molecule has 1 fully saturated rings. The van der Waals surface area contributed by atoms with Crippen LogP contribution in [0, 0.1) is 5.92 Å². The Morgan fingerprint density at radius 2 is 2.16 bits per heavy atom. The maximum atomic E-state index is 11.5. The van der Waals surface area contributed by atoms with E-state index in [-0.39, 0.29) is 5.75 Å². The Kier molecular flexibility index (Phi) is 7.95. The molecule has 0 aliphatic carbocycles. The molecule has 0 saturated carbocycles. The van der Waals surface area contributed by atoms with Gasteiger partial charge in [0.15, 0.2) is 0 Å². The van der Waals surface area contributed by atoms with Crippen molar-refractivity contribution in [2.75, 3.05) is 31.3 Å². The van der Waals surface area contributed by atoms with Crippen molar-refractivity contribution in [2.45, 2.75) is 52.0 Å². The van der Waals surface area contributed by atoms with Crippen LogP contribution in [0.4, 0.5) is 0 Å². The lowest BCUT2D eigenvalue weighted by atomic mass is 9.96. The smallest absolute Gasteiger partial charge is 0.150 e. The minimum Gasteiger partial charge on any atom is -0.381 e. The van der Waals surface area contributed by atoms with Crippen molar-refractivity contribution in [3.63, 3.8) is 0 Å². The third kappa shape index (κ3) is 7.28. The quantitative estimate of drug-likeness (QED) is 0.669. The fourth-order valence-electron chi connectivity index (χ4n) is 2.52. The summed E-state index contributed by atoms with van der Waals surface area (Å²) in [6, 6.07) is 0.443. The van der Waals surface area contributed by atoms with Crippen LogP contribution in [-0.2, 0) is 14.6 Å². The predicted octanol–water partition coefficient (Wildman–Crippen LogP) is 2.00. The molecule has 0 aromatic heterocycles. The van der Waals surface area contributed by atoms with Gasteiger partial charge in [-0.3, -0.25) is 0 Å². The van der Waals surface area contributed by atoms with Gasteiger partial charge in [0.05, 0.1) is 5.75 Å². The topological polar surface area (TPSA) is 55.4 Å². The molecule has 0 aromatic carbocycles. The molecule has 1 saturated heterocycles. The summed E-state index contributed by atoms with van der Waals surface area (Å²) in [4.78, 5) is 0. The van der Waals surface area contributed by atoms with Gasteiger partial charge in [-0.2, -0.15) is 0 Å². The van der Waals surface area contributed by atoms with Gasteiger partial charge in [0, 0.05) is 25.0 Å². The van der Waals surface area contributed by atoms with E-state index in [4.69, 9.17) is 4.74 Å². The van der Waals surface area contributed by atoms with Gasteiger partial charge in [-0.1, -0.05) is 13.8 Å². The Morgan fingerprint density at radius 1 is 1.37 bits per heavy atom. The van der Waals surface area contributed by atoms with Crippen molar-refractivity contribution in [3.8, 4) is 0 Å². The fraction of sp³-hybridized carbons (Fsp3) is 1.00. The van der Waals surface area contributed by atoms with Gasteiger partial charge < -0.3 is 10.1 Å². The first kappa shape index (κ1) is 16.9. The first-order valence-electron chi connectivity index (χ1n) is 7.59. The lowest BCUT2D eigenvalue weighted by Gasteiger charge is -2.21. The molecule has 0 radical (unpaired) electrons. The SMILES string of the molecule is CCCNC(CCCS(=O)(=O)CC)CC1CCOC1. The molecule has 114 valence electrons. The van der Waals surface area contributed by atoms with Gasteiger partial charge in [-0.25, -0.2) is 8.42 Å². The molecule has 19 heavy (non-hydrogen) atoms. The standard InChI is InChI=1S/C14H29NO3S/c1-3-8-15-14(11-13-7-9-18-12-13)6-5-10-19(16,17)4-2/h13-15H,3-12H2,1-2H3. The Labute approximate surface area is 118 Å².